The van der Waals surface area contributed by atoms with Gasteiger partial charge in [0.25, 0.3) is 0 Å². The predicted molar refractivity (Wildman–Crippen MR) is 111 cm³/mol. The van der Waals surface area contributed by atoms with Crippen molar-refractivity contribution in [2.24, 2.45) is 0 Å². The number of urea groups is 1. The molecule has 7 heteroatoms. The summed E-state index contributed by atoms with van der Waals surface area (Å²) in [4.78, 5) is 24.1. The van der Waals surface area contributed by atoms with Crippen molar-refractivity contribution < 1.29 is 18.7 Å². The van der Waals surface area contributed by atoms with E-state index < -0.39 is 0 Å². The Morgan fingerprint density at radius 2 is 1.66 bits per heavy atom. The van der Waals surface area contributed by atoms with Gasteiger partial charge in [-0.15, -0.1) is 0 Å². The first-order valence-corrected chi connectivity index (χ1v) is 9.23. The number of amides is 3. The van der Waals surface area contributed by atoms with Gasteiger partial charge >= 0.3 is 6.03 Å². The van der Waals surface area contributed by atoms with Crippen LogP contribution in [0.25, 0.3) is 0 Å². The van der Waals surface area contributed by atoms with Crippen LogP contribution in [0.1, 0.15) is 17.7 Å². The van der Waals surface area contributed by atoms with Gasteiger partial charge in [-0.05, 0) is 54.4 Å². The van der Waals surface area contributed by atoms with Crippen molar-refractivity contribution in [2.75, 3.05) is 17.7 Å². The number of benzene rings is 2. The van der Waals surface area contributed by atoms with Crippen LogP contribution < -0.4 is 20.7 Å². The zero-order valence-electron chi connectivity index (χ0n) is 16.1. The summed E-state index contributed by atoms with van der Waals surface area (Å²) in [5.74, 6) is 1.36. The van der Waals surface area contributed by atoms with Gasteiger partial charge in [0.1, 0.15) is 11.5 Å². The van der Waals surface area contributed by atoms with Gasteiger partial charge in [0, 0.05) is 17.8 Å². The lowest BCUT2D eigenvalue weighted by Gasteiger charge is -2.10. The highest BCUT2D eigenvalue weighted by Gasteiger charge is 2.07. The van der Waals surface area contributed by atoms with E-state index in [2.05, 4.69) is 16.0 Å². The van der Waals surface area contributed by atoms with Crippen LogP contribution in [0, 0.1) is 0 Å². The van der Waals surface area contributed by atoms with Gasteiger partial charge in [-0.1, -0.05) is 18.2 Å². The number of carbonyl (C=O) groups excluding carboxylic acids is 2. The number of ether oxygens (including phenoxy) is 1. The van der Waals surface area contributed by atoms with Crippen LogP contribution in [0.15, 0.2) is 71.3 Å². The third-order valence-electron chi connectivity index (χ3n) is 4.24. The molecule has 3 aromatic rings. The van der Waals surface area contributed by atoms with Crippen LogP contribution in [-0.2, 0) is 17.8 Å². The smallest absolute Gasteiger partial charge is 0.319 e. The Morgan fingerprint density at radius 1 is 0.931 bits per heavy atom. The minimum atomic E-state index is -0.338. The Hall–Kier alpha value is -3.74. The van der Waals surface area contributed by atoms with E-state index in [1.807, 2.05) is 24.3 Å². The normalized spacial score (nSPS) is 10.2. The van der Waals surface area contributed by atoms with E-state index in [9.17, 15) is 9.59 Å². The van der Waals surface area contributed by atoms with Gasteiger partial charge in [0.2, 0.25) is 5.91 Å². The molecule has 0 aliphatic rings. The number of nitrogens with one attached hydrogen (secondary N) is 3. The van der Waals surface area contributed by atoms with Gasteiger partial charge in [-0.25, -0.2) is 4.79 Å². The lowest BCUT2D eigenvalue weighted by molar-refractivity contribution is -0.116. The molecule has 0 aliphatic heterocycles. The second-order valence-corrected chi connectivity index (χ2v) is 6.32. The van der Waals surface area contributed by atoms with Gasteiger partial charge < -0.3 is 25.1 Å². The summed E-state index contributed by atoms with van der Waals surface area (Å²) in [5, 5.41) is 8.28. The number of para-hydroxylation sites is 1. The number of hydrogen-bond donors (Lipinski definition) is 3. The fraction of sp³-hybridized carbons (Fsp3) is 0.182. The lowest BCUT2D eigenvalue weighted by atomic mass is 10.1. The minimum Gasteiger partial charge on any atom is -0.496 e. The molecule has 0 unspecified atom stereocenters. The summed E-state index contributed by atoms with van der Waals surface area (Å²) >= 11 is 0. The predicted octanol–water partition coefficient (Wildman–Crippen LogP) is 4.18. The highest BCUT2D eigenvalue weighted by Crippen LogP contribution is 2.19. The van der Waals surface area contributed by atoms with Crippen LogP contribution in [0.5, 0.6) is 5.75 Å². The molecule has 0 bridgehead atoms. The monoisotopic (exact) mass is 393 g/mol. The average Bonchev–Trinajstić information content (AvgIpc) is 3.26. The molecule has 3 amide bonds. The summed E-state index contributed by atoms with van der Waals surface area (Å²) < 4.78 is 10.5. The molecular weight excluding hydrogens is 370 g/mol. The number of hydrogen-bond acceptors (Lipinski definition) is 4. The Balaban J connectivity index is 1.44. The number of carbonyl (C=O) groups is 2. The summed E-state index contributed by atoms with van der Waals surface area (Å²) in [6, 6.07) is 17.8. The van der Waals surface area contributed by atoms with E-state index in [1.165, 1.54) is 0 Å². The fourth-order valence-electron chi connectivity index (χ4n) is 2.77. The Morgan fingerprint density at radius 3 is 2.34 bits per heavy atom. The zero-order valence-corrected chi connectivity index (χ0v) is 16.1. The van der Waals surface area contributed by atoms with Gasteiger partial charge in [0.05, 0.1) is 19.9 Å². The maximum absolute atomic E-state index is 12.2. The molecule has 3 rings (SSSR count). The fourth-order valence-corrected chi connectivity index (χ4v) is 2.77. The standard InChI is InChI=1S/C22H23N3O4/c1-28-20-7-3-2-5-16(20)8-13-21(26)24-17-9-11-18(12-10-17)25-22(27)23-15-19-6-4-14-29-19/h2-7,9-12,14H,8,13,15H2,1H3,(H,24,26)(H2,23,25,27). The molecule has 0 atom stereocenters. The summed E-state index contributed by atoms with van der Waals surface area (Å²) in [7, 11) is 1.62. The third-order valence-corrected chi connectivity index (χ3v) is 4.24. The number of furan rings is 1. The van der Waals surface area contributed by atoms with Crippen molar-refractivity contribution in [3.8, 4) is 5.75 Å². The number of anilines is 2. The van der Waals surface area contributed by atoms with Crippen molar-refractivity contribution in [3.05, 3.63) is 78.3 Å². The molecule has 1 heterocycles. The molecule has 0 fully saturated rings. The van der Waals surface area contributed by atoms with Gasteiger partial charge in [-0.3, -0.25) is 4.79 Å². The topological polar surface area (TPSA) is 92.6 Å². The molecule has 150 valence electrons. The molecule has 3 N–H and O–H groups in total. The second-order valence-electron chi connectivity index (χ2n) is 6.32. The van der Waals surface area contributed by atoms with Gasteiger partial charge in [0.15, 0.2) is 0 Å². The van der Waals surface area contributed by atoms with E-state index in [4.69, 9.17) is 9.15 Å². The second kappa shape index (κ2) is 9.98. The summed E-state index contributed by atoms with van der Waals surface area (Å²) in [6.07, 6.45) is 2.49. The van der Waals surface area contributed by atoms with E-state index in [0.29, 0.717) is 36.5 Å². The lowest BCUT2D eigenvalue weighted by Crippen LogP contribution is -2.27. The van der Waals surface area contributed by atoms with Crippen molar-refractivity contribution in [1.82, 2.24) is 5.32 Å². The van der Waals surface area contributed by atoms with Crippen LogP contribution in [0.2, 0.25) is 0 Å². The van der Waals surface area contributed by atoms with Crippen LogP contribution in [0.4, 0.5) is 16.2 Å². The molecular formula is C22H23N3O4. The highest BCUT2D eigenvalue weighted by molar-refractivity contribution is 5.92. The Bertz CT molecular complexity index is 937. The van der Waals surface area contributed by atoms with E-state index >= 15 is 0 Å². The molecule has 0 saturated heterocycles. The summed E-state index contributed by atoms with van der Waals surface area (Å²) in [5.41, 5.74) is 2.27. The van der Waals surface area contributed by atoms with E-state index in [1.54, 1.807) is 49.8 Å². The number of rotatable bonds is 8. The maximum atomic E-state index is 12.2. The average molecular weight is 393 g/mol. The minimum absolute atomic E-state index is 0.0900. The largest absolute Gasteiger partial charge is 0.496 e. The quantitative estimate of drug-likeness (QED) is 0.535. The Kier molecular flexibility index (Phi) is 6.89. The van der Waals surface area contributed by atoms with Crippen molar-refractivity contribution in [3.63, 3.8) is 0 Å². The molecule has 1 aromatic heterocycles. The molecule has 0 spiro atoms. The molecule has 2 aromatic carbocycles. The van der Waals surface area contributed by atoms with Crippen molar-refractivity contribution >= 4 is 23.3 Å². The first-order valence-electron chi connectivity index (χ1n) is 9.23. The SMILES string of the molecule is COc1ccccc1CCC(=O)Nc1ccc(NC(=O)NCc2ccco2)cc1. The van der Waals surface area contributed by atoms with Gasteiger partial charge in [-0.2, -0.15) is 0 Å². The number of methoxy groups -OCH3 is 1. The first kappa shape index (κ1) is 20.0. The zero-order chi connectivity index (χ0) is 20.5. The molecule has 0 radical (unpaired) electrons. The van der Waals surface area contributed by atoms with E-state index in [0.717, 1.165) is 11.3 Å². The number of aryl methyl sites for hydroxylation is 1. The Labute approximate surface area is 169 Å². The molecule has 0 saturated carbocycles. The summed E-state index contributed by atoms with van der Waals surface area (Å²) in [6.45, 7) is 0.305. The molecule has 29 heavy (non-hydrogen) atoms. The van der Waals surface area contributed by atoms with Crippen molar-refractivity contribution in [2.45, 2.75) is 19.4 Å². The van der Waals surface area contributed by atoms with Crippen LogP contribution in [-0.4, -0.2) is 19.0 Å². The third kappa shape index (κ3) is 6.14. The first-order chi connectivity index (χ1) is 14.1. The van der Waals surface area contributed by atoms with Crippen LogP contribution in [0.3, 0.4) is 0 Å². The maximum Gasteiger partial charge on any atom is 0.319 e. The van der Waals surface area contributed by atoms with Crippen molar-refractivity contribution in [1.29, 1.82) is 0 Å². The molecule has 7 nitrogen and oxygen atoms in total. The van der Waals surface area contributed by atoms with E-state index in [-0.39, 0.29) is 11.9 Å². The molecule has 0 aliphatic carbocycles. The highest BCUT2D eigenvalue weighted by atomic mass is 16.5. The van der Waals surface area contributed by atoms with Crippen LogP contribution >= 0.6 is 0 Å².